The summed E-state index contributed by atoms with van der Waals surface area (Å²) in [4.78, 5) is 19.0. The number of hydrogen-bond donors (Lipinski definition) is 1. The van der Waals surface area contributed by atoms with Gasteiger partial charge in [0.25, 0.3) is 0 Å². The number of benzene rings is 2. The third-order valence-electron chi connectivity index (χ3n) is 5.19. The number of amides is 2. The lowest BCUT2D eigenvalue weighted by Crippen LogP contribution is -2.34. The Labute approximate surface area is 162 Å². The fourth-order valence-corrected chi connectivity index (χ4v) is 3.43. The first-order chi connectivity index (χ1) is 13.5. The van der Waals surface area contributed by atoms with Crippen molar-refractivity contribution in [3.05, 3.63) is 65.3 Å². The molecule has 1 N–H and O–H groups in total. The Morgan fingerprint density at radius 3 is 2.79 bits per heavy atom. The molecule has 1 aliphatic rings. The zero-order valence-corrected chi connectivity index (χ0v) is 15.8. The molecule has 1 unspecified atom stereocenters. The van der Waals surface area contributed by atoms with E-state index in [1.165, 1.54) is 12.1 Å². The molecule has 4 rings (SSSR count). The van der Waals surface area contributed by atoms with Gasteiger partial charge in [0.05, 0.1) is 0 Å². The summed E-state index contributed by atoms with van der Waals surface area (Å²) in [6.45, 7) is 4.62. The highest BCUT2D eigenvalue weighted by molar-refractivity contribution is 5.90. The molecule has 0 bridgehead atoms. The van der Waals surface area contributed by atoms with Crippen molar-refractivity contribution in [1.82, 2.24) is 15.0 Å². The predicted molar refractivity (Wildman–Crippen MR) is 103 cm³/mol. The van der Waals surface area contributed by atoms with Gasteiger partial charge in [-0.3, -0.25) is 0 Å². The van der Waals surface area contributed by atoms with Crippen LogP contribution in [0.4, 0.5) is 14.9 Å². The average Bonchev–Trinajstić information content (AvgIpc) is 3.35. The number of rotatable bonds is 3. The van der Waals surface area contributed by atoms with Crippen LogP contribution < -0.4 is 5.32 Å². The number of carbonyl (C=O) groups is 1. The number of anilines is 1. The molecule has 1 aliphatic heterocycles. The first kappa shape index (κ1) is 18.2. The highest BCUT2D eigenvalue weighted by Crippen LogP contribution is 2.33. The molecule has 0 saturated carbocycles. The van der Waals surface area contributed by atoms with Crippen LogP contribution in [0.15, 0.2) is 47.0 Å². The monoisotopic (exact) mass is 380 g/mol. The van der Waals surface area contributed by atoms with Gasteiger partial charge in [-0.1, -0.05) is 17.3 Å². The molecule has 0 aliphatic carbocycles. The number of aryl methyl sites for hydroxylation is 1. The lowest BCUT2D eigenvalue weighted by molar-refractivity contribution is 0.193. The fraction of sp³-hybridized carbons (Fsp3) is 0.286. The molecular weight excluding hydrogens is 359 g/mol. The molecule has 0 radical (unpaired) electrons. The highest BCUT2D eigenvalue weighted by Gasteiger charge is 2.34. The second kappa shape index (κ2) is 7.42. The normalized spacial score (nSPS) is 16.4. The van der Waals surface area contributed by atoms with Crippen molar-refractivity contribution in [1.29, 1.82) is 0 Å². The van der Waals surface area contributed by atoms with Gasteiger partial charge in [-0.15, -0.1) is 0 Å². The van der Waals surface area contributed by atoms with Crippen molar-refractivity contribution in [3.63, 3.8) is 0 Å². The van der Waals surface area contributed by atoms with Crippen molar-refractivity contribution in [2.24, 2.45) is 0 Å². The Kier molecular flexibility index (Phi) is 4.81. The highest BCUT2D eigenvalue weighted by atomic mass is 19.1. The predicted octanol–water partition coefficient (Wildman–Crippen LogP) is 4.86. The molecule has 0 spiro atoms. The van der Waals surface area contributed by atoms with E-state index in [-0.39, 0.29) is 17.9 Å². The zero-order chi connectivity index (χ0) is 19.7. The van der Waals surface area contributed by atoms with Crippen molar-refractivity contribution in [3.8, 4) is 11.4 Å². The van der Waals surface area contributed by atoms with Crippen molar-refractivity contribution < 1.29 is 13.7 Å². The van der Waals surface area contributed by atoms with E-state index in [1.54, 1.807) is 17.0 Å². The molecule has 6 nitrogen and oxygen atoms in total. The third-order valence-corrected chi connectivity index (χ3v) is 5.19. The molecule has 1 atom stereocenters. The van der Waals surface area contributed by atoms with E-state index in [2.05, 4.69) is 15.5 Å². The SMILES string of the molecule is Cc1cccc(NC(=O)N2CCCC2c2nc(-c3ccc(F)cc3)no2)c1C. The lowest BCUT2D eigenvalue weighted by Gasteiger charge is -2.23. The van der Waals surface area contributed by atoms with Crippen LogP contribution in [0.25, 0.3) is 11.4 Å². The summed E-state index contributed by atoms with van der Waals surface area (Å²) in [5.41, 5.74) is 3.63. The summed E-state index contributed by atoms with van der Waals surface area (Å²) in [6, 6.07) is 11.3. The Hall–Kier alpha value is -3.22. The number of urea groups is 1. The van der Waals surface area contributed by atoms with Crippen molar-refractivity contribution in [2.75, 3.05) is 11.9 Å². The van der Waals surface area contributed by atoms with E-state index in [0.717, 1.165) is 29.7 Å². The van der Waals surface area contributed by atoms with Crippen molar-refractivity contribution >= 4 is 11.7 Å². The van der Waals surface area contributed by atoms with E-state index >= 15 is 0 Å². The minimum Gasteiger partial charge on any atom is -0.337 e. The molecule has 2 amide bonds. The van der Waals surface area contributed by atoms with Crippen LogP contribution in [0, 0.1) is 19.7 Å². The minimum absolute atomic E-state index is 0.183. The van der Waals surface area contributed by atoms with Gasteiger partial charge in [0.1, 0.15) is 11.9 Å². The van der Waals surface area contributed by atoms with E-state index < -0.39 is 0 Å². The smallest absolute Gasteiger partial charge is 0.322 e. The van der Waals surface area contributed by atoms with Gasteiger partial charge in [-0.25, -0.2) is 9.18 Å². The van der Waals surface area contributed by atoms with Crippen LogP contribution in [0.5, 0.6) is 0 Å². The second-order valence-corrected chi connectivity index (χ2v) is 6.99. The summed E-state index contributed by atoms with van der Waals surface area (Å²) in [5, 5.41) is 6.99. The maximum absolute atomic E-state index is 13.1. The quantitative estimate of drug-likeness (QED) is 0.704. The summed E-state index contributed by atoms with van der Waals surface area (Å²) < 4.78 is 18.5. The van der Waals surface area contributed by atoms with E-state index in [4.69, 9.17) is 4.52 Å². The number of carbonyl (C=O) groups excluding carboxylic acids is 1. The molecule has 7 heteroatoms. The average molecular weight is 380 g/mol. The maximum Gasteiger partial charge on any atom is 0.322 e. The summed E-state index contributed by atoms with van der Waals surface area (Å²) in [7, 11) is 0. The number of nitrogens with one attached hydrogen (secondary N) is 1. The first-order valence-corrected chi connectivity index (χ1v) is 9.26. The van der Waals surface area contributed by atoms with Crippen LogP contribution in [0.1, 0.15) is 35.9 Å². The molecule has 1 saturated heterocycles. The largest absolute Gasteiger partial charge is 0.337 e. The van der Waals surface area contributed by atoms with E-state index in [1.807, 2.05) is 32.0 Å². The topological polar surface area (TPSA) is 71.3 Å². The molecule has 1 fully saturated rings. The fourth-order valence-electron chi connectivity index (χ4n) is 3.43. The number of halogens is 1. The Balaban J connectivity index is 1.53. The standard InChI is InChI=1S/C21H21FN4O2/c1-13-5-3-6-17(14(13)2)23-21(27)26-12-4-7-18(26)20-24-19(25-28-20)15-8-10-16(22)11-9-15/h3,5-6,8-11,18H,4,7,12H2,1-2H3,(H,23,27). The molecule has 2 aromatic carbocycles. The van der Waals surface area contributed by atoms with Gasteiger partial charge < -0.3 is 14.7 Å². The third kappa shape index (κ3) is 3.47. The van der Waals surface area contributed by atoms with Gasteiger partial charge in [0.2, 0.25) is 11.7 Å². The van der Waals surface area contributed by atoms with Crippen molar-refractivity contribution in [2.45, 2.75) is 32.7 Å². The summed E-state index contributed by atoms with van der Waals surface area (Å²) >= 11 is 0. The Morgan fingerprint density at radius 2 is 2.00 bits per heavy atom. The van der Waals surface area contributed by atoms with E-state index in [9.17, 15) is 9.18 Å². The van der Waals surface area contributed by atoms with Gasteiger partial charge in [-0.05, 0) is 68.1 Å². The maximum atomic E-state index is 13.1. The van der Waals surface area contributed by atoms with Gasteiger partial charge >= 0.3 is 6.03 Å². The number of aromatic nitrogens is 2. The van der Waals surface area contributed by atoms with Crippen LogP contribution in [-0.4, -0.2) is 27.6 Å². The molecule has 144 valence electrons. The number of likely N-dealkylation sites (tertiary alicyclic amines) is 1. The second-order valence-electron chi connectivity index (χ2n) is 6.99. The van der Waals surface area contributed by atoms with Crippen LogP contribution >= 0.6 is 0 Å². The van der Waals surface area contributed by atoms with E-state index in [0.29, 0.717) is 23.8 Å². The summed E-state index contributed by atoms with van der Waals surface area (Å²) in [5.74, 6) is 0.460. The summed E-state index contributed by atoms with van der Waals surface area (Å²) in [6.07, 6.45) is 1.62. The first-order valence-electron chi connectivity index (χ1n) is 9.26. The Morgan fingerprint density at radius 1 is 1.21 bits per heavy atom. The van der Waals surface area contributed by atoms with Gasteiger partial charge in [-0.2, -0.15) is 4.98 Å². The molecule has 28 heavy (non-hydrogen) atoms. The molecular formula is C21H21FN4O2. The number of nitrogens with zero attached hydrogens (tertiary/aromatic N) is 3. The minimum atomic E-state index is -0.322. The van der Waals surface area contributed by atoms with Crippen LogP contribution in [0.3, 0.4) is 0 Å². The molecule has 2 heterocycles. The lowest BCUT2D eigenvalue weighted by atomic mass is 10.1. The van der Waals surface area contributed by atoms with Gasteiger partial charge in [0, 0.05) is 17.8 Å². The Bertz CT molecular complexity index is 1000. The van der Waals surface area contributed by atoms with Crippen LogP contribution in [-0.2, 0) is 0 Å². The molecule has 3 aromatic rings. The van der Waals surface area contributed by atoms with Crippen LogP contribution in [0.2, 0.25) is 0 Å². The van der Waals surface area contributed by atoms with Gasteiger partial charge in [0.15, 0.2) is 0 Å². The molecule has 1 aromatic heterocycles. The number of hydrogen-bond acceptors (Lipinski definition) is 4. The zero-order valence-electron chi connectivity index (χ0n) is 15.8.